The zero-order valence-corrected chi connectivity index (χ0v) is 10.8. The van der Waals surface area contributed by atoms with Crippen LogP contribution in [0.5, 0.6) is 0 Å². The maximum absolute atomic E-state index is 8.56. The van der Waals surface area contributed by atoms with Crippen LogP contribution in [0.1, 0.15) is 18.1 Å². The summed E-state index contributed by atoms with van der Waals surface area (Å²) in [6, 6.07) is 7.90. The Balaban J connectivity index is 0. The molecule has 5 N–H and O–H groups in total. The van der Waals surface area contributed by atoms with E-state index in [4.69, 9.17) is 35.3 Å². The molecule has 0 amide bonds. The van der Waals surface area contributed by atoms with Gasteiger partial charge in [-0.15, -0.1) is 0 Å². The van der Waals surface area contributed by atoms with Crippen molar-refractivity contribution in [3.05, 3.63) is 41.2 Å². The number of carboxylic acid groups (broad SMARTS) is 4. The van der Waals surface area contributed by atoms with Crippen molar-refractivity contribution in [2.75, 3.05) is 0 Å². The highest BCUT2D eigenvalue weighted by Crippen LogP contribution is 2.11. The largest absolute Gasteiger partial charge is 0.503 e. The van der Waals surface area contributed by atoms with Crippen LogP contribution < -0.4 is 0 Å². The van der Waals surface area contributed by atoms with Gasteiger partial charge in [0.15, 0.2) is 0 Å². The van der Waals surface area contributed by atoms with E-state index in [0.717, 1.165) is 11.1 Å². The molecule has 0 heterocycles. The minimum Gasteiger partial charge on any atom is -0.450 e. The summed E-state index contributed by atoms with van der Waals surface area (Å²) in [7, 11) is 0. The Bertz CT molecular complexity index is 433. The molecule has 0 bridgehead atoms. The predicted octanol–water partition coefficient (Wildman–Crippen LogP) is 3.29. The highest BCUT2D eigenvalue weighted by Gasteiger charge is 1.93. The van der Waals surface area contributed by atoms with Gasteiger partial charge in [0.1, 0.15) is 5.76 Å². The Morgan fingerprint density at radius 1 is 1.05 bits per heavy atom. The van der Waals surface area contributed by atoms with Crippen molar-refractivity contribution in [2.24, 2.45) is 0 Å². The summed E-state index contributed by atoms with van der Waals surface area (Å²) in [4.78, 5) is 21.2. The van der Waals surface area contributed by atoms with E-state index in [9.17, 15) is 0 Å². The predicted molar refractivity (Wildman–Crippen MR) is 69.9 cm³/mol. The number of rotatable bonds is 2. The van der Waals surface area contributed by atoms with Crippen LogP contribution in [-0.2, 0) is 4.89 Å². The van der Waals surface area contributed by atoms with Gasteiger partial charge in [-0.2, -0.15) is 0 Å². The Kier molecular flexibility index (Phi) is 11.1. The monoisotopic (exact) mass is 288 g/mol. The first-order valence-corrected chi connectivity index (χ1v) is 5.09. The summed E-state index contributed by atoms with van der Waals surface area (Å²) in [6.07, 6.45) is -1.88. The molecule has 20 heavy (non-hydrogen) atoms. The van der Waals surface area contributed by atoms with E-state index in [-0.39, 0.29) is 0 Å². The fourth-order valence-corrected chi connectivity index (χ4v) is 0.994. The molecule has 0 fully saturated rings. The highest BCUT2D eigenvalue weighted by atomic mass is 17.1. The van der Waals surface area contributed by atoms with Gasteiger partial charge < -0.3 is 25.3 Å². The Morgan fingerprint density at radius 3 is 1.80 bits per heavy atom. The zero-order valence-electron chi connectivity index (χ0n) is 10.8. The van der Waals surface area contributed by atoms with Crippen LogP contribution >= 0.6 is 0 Å². The highest BCUT2D eigenvalue weighted by molar-refractivity contribution is 5.54. The molecule has 1 aromatic rings. The van der Waals surface area contributed by atoms with E-state index < -0.39 is 12.3 Å². The molecular weight excluding hydrogens is 272 g/mol. The van der Waals surface area contributed by atoms with Gasteiger partial charge in [0.05, 0.1) is 0 Å². The summed E-state index contributed by atoms with van der Waals surface area (Å²) in [6.45, 7) is 3.71. The van der Waals surface area contributed by atoms with Crippen LogP contribution in [0, 0.1) is 6.92 Å². The van der Waals surface area contributed by atoms with Gasteiger partial charge >= 0.3 is 12.3 Å². The van der Waals surface area contributed by atoms with E-state index in [2.05, 4.69) is 4.89 Å². The van der Waals surface area contributed by atoms with Gasteiger partial charge in [0.25, 0.3) is 0 Å². The van der Waals surface area contributed by atoms with E-state index >= 15 is 0 Å². The topological polar surface area (TPSA) is 145 Å². The molecule has 0 unspecified atom stereocenters. The van der Waals surface area contributed by atoms with Crippen molar-refractivity contribution in [1.29, 1.82) is 0 Å². The Hall–Kier alpha value is -2.74. The lowest BCUT2D eigenvalue weighted by Crippen LogP contribution is -1.83. The van der Waals surface area contributed by atoms with Crippen LogP contribution in [-0.4, -0.2) is 38.0 Å². The maximum Gasteiger partial charge on any atom is 0.503 e. The SMILES string of the molecule is CC(=Cc1ccccc1C)OO.O=C(O)O.O=C(O)O. The molecule has 0 radical (unpaired) electrons. The van der Waals surface area contributed by atoms with E-state index in [0.29, 0.717) is 5.76 Å². The number of hydrogen-bond acceptors (Lipinski definition) is 4. The summed E-state index contributed by atoms with van der Waals surface area (Å²) in [5.41, 5.74) is 2.22. The fraction of sp³-hybridized carbons (Fsp3) is 0.167. The first-order valence-electron chi connectivity index (χ1n) is 5.09. The molecule has 0 saturated heterocycles. The Labute approximate surface area is 114 Å². The maximum atomic E-state index is 8.56. The molecule has 0 spiro atoms. The number of allylic oxidation sites excluding steroid dienone is 1. The molecule has 0 aliphatic heterocycles. The van der Waals surface area contributed by atoms with Crippen molar-refractivity contribution in [3.8, 4) is 0 Å². The van der Waals surface area contributed by atoms with Crippen LogP contribution in [0.4, 0.5) is 9.59 Å². The number of carbonyl (C=O) groups is 2. The van der Waals surface area contributed by atoms with E-state index in [1.807, 2.05) is 31.2 Å². The standard InChI is InChI=1S/C10H12O2.2CH2O3/c1-8-5-3-4-6-10(8)7-9(2)12-11;2*2-1(3)4/h3-7,11H,1-2H3;2*(H2,2,3,4). The lowest BCUT2D eigenvalue weighted by atomic mass is 10.1. The third kappa shape index (κ3) is 15.3. The second-order valence-electron chi connectivity index (χ2n) is 3.27. The molecule has 0 aliphatic carbocycles. The molecule has 0 aromatic heterocycles. The smallest absolute Gasteiger partial charge is 0.450 e. The van der Waals surface area contributed by atoms with Gasteiger partial charge in [-0.1, -0.05) is 24.3 Å². The summed E-state index contributed by atoms with van der Waals surface area (Å²) >= 11 is 0. The molecule has 0 atom stereocenters. The lowest BCUT2D eigenvalue weighted by Gasteiger charge is -2.00. The van der Waals surface area contributed by atoms with Crippen LogP contribution in [0.25, 0.3) is 6.08 Å². The minimum atomic E-state index is -1.83. The number of aryl methyl sites for hydroxylation is 1. The average molecular weight is 288 g/mol. The molecular formula is C12H16O8. The normalized spacial score (nSPS) is 9.25. The second kappa shape index (κ2) is 11.4. The number of hydrogen-bond donors (Lipinski definition) is 5. The molecule has 8 heteroatoms. The first-order chi connectivity index (χ1) is 9.20. The summed E-state index contributed by atoms with van der Waals surface area (Å²) in [5, 5.41) is 36.2. The van der Waals surface area contributed by atoms with Crippen LogP contribution in [0.3, 0.4) is 0 Å². The van der Waals surface area contributed by atoms with Crippen molar-refractivity contribution in [1.82, 2.24) is 0 Å². The second-order valence-corrected chi connectivity index (χ2v) is 3.27. The van der Waals surface area contributed by atoms with Crippen molar-refractivity contribution < 1.29 is 40.2 Å². The number of benzene rings is 1. The van der Waals surface area contributed by atoms with Crippen molar-refractivity contribution in [2.45, 2.75) is 13.8 Å². The van der Waals surface area contributed by atoms with Crippen LogP contribution in [0.2, 0.25) is 0 Å². The van der Waals surface area contributed by atoms with Gasteiger partial charge in [0, 0.05) is 0 Å². The lowest BCUT2D eigenvalue weighted by molar-refractivity contribution is -0.201. The van der Waals surface area contributed by atoms with Gasteiger partial charge in [-0.3, -0.25) is 0 Å². The summed E-state index contributed by atoms with van der Waals surface area (Å²) in [5.74, 6) is 0.490. The first kappa shape index (κ1) is 19.6. The average Bonchev–Trinajstić information content (AvgIpc) is 2.30. The third-order valence-electron chi connectivity index (χ3n) is 1.69. The zero-order chi connectivity index (χ0) is 16.1. The van der Waals surface area contributed by atoms with Gasteiger partial charge in [-0.25, -0.2) is 14.8 Å². The van der Waals surface area contributed by atoms with Crippen molar-refractivity contribution in [3.63, 3.8) is 0 Å². The van der Waals surface area contributed by atoms with E-state index in [1.165, 1.54) is 0 Å². The third-order valence-corrected chi connectivity index (χ3v) is 1.69. The summed E-state index contributed by atoms with van der Waals surface area (Å²) < 4.78 is 0. The molecule has 0 aliphatic rings. The quantitative estimate of drug-likeness (QED) is 0.316. The minimum absolute atomic E-state index is 0.490. The van der Waals surface area contributed by atoms with E-state index in [1.54, 1.807) is 13.0 Å². The van der Waals surface area contributed by atoms with Gasteiger partial charge in [0.2, 0.25) is 0 Å². The molecule has 8 nitrogen and oxygen atoms in total. The van der Waals surface area contributed by atoms with Crippen molar-refractivity contribution >= 4 is 18.4 Å². The Morgan fingerprint density at radius 2 is 1.45 bits per heavy atom. The molecule has 0 saturated carbocycles. The van der Waals surface area contributed by atoms with Crippen LogP contribution in [0.15, 0.2) is 30.0 Å². The molecule has 1 rings (SSSR count). The molecule has 1 aromatic carbocycles. The molecule has 112 valence electrons. The van der Waals surface area contributed by atoms with Gasteiger partial charge in [-0.05, 0) is 31.1 Å². The fourth-order valence-electron chi connectivity index (χ4n) is 0.994.